The van der Waals surface area contributed by atoms with E-state index in [-0.39, 0.29) is 24.0 Å². The molecule has 3 heterocycles. The number of nitrogens with zero attached hydrogens (tertiary/aromatic N) is 5. The topological polar surface area (TPSA) is 57.9 Å². The van der Waals surface area contributed by atoms with E-state index in [4.69, 9.17) is 9.73 Å². The fourth-order valence-corrected chi connectivity index (χ4v) is 3.83. The van der Waals surface area contributed by atoms with Crippen LogP contribution in [0.3, 0.4) is 0 Å². The molecule has 0 saturated carbocycles. The van der Waals surface area contributed by atoms with E-state index in [0.29, 0.717) is 11.8 Å². The van der Waals surface area contributed by atoms with Crippen LogP contribution in [0.15, 0.2) is 17.4 Å². The zero-order valence-corrected chi connectivity index (χ0v) is 19.3. The second kappa shape index (κ2) is 11.2. The number of morpholine rings is 1. The highest BCUT2D eigenvalue weighted by Gasteiger charge is 2.27. The van der Waals surface area contributed by atoms with Gasteiger partial charge in [-0.3, -0.25) is 14.6 Å². The van der Waals surface area contributed by atoms with E-state index in [9.17, 15) is 0 Å². The van der Waals surface area contributed by atoms with Crippen molar-refractivity contribution in [3.05, 3.63) is 18.0 Å². The molecule has 0 bridgehead atoms. The summed E-state index contributed by atoms with van der Waals surface area (Å²) in [6.07, 6.45) is 5.31. The van der Waals surface area contributed by atoms with E-state index in [0.717, 1.165) is 65.0 Å². The van der Waals surface area contributed by atoms with E-state index < -0.39 is 0 Å². The molecule has 1 N–H and O–H groups in total. The first-order valence-electron chi connectivity index (χ1n) is 9.97. The maximum absolute atomic E-state index is 5.44. The highest BCUT2D eigenvalue weighted by Crippen LogP contribution is 2.26. The minimum Gasteiger partial charge on any atom is -0.379 e. The van der Waals surface area contributed by atoms with Crippen LogP contribution in [0.5, 0.6) is 0 Å². The van der Waals surface area contributed by atoms with Gasteiger partial charge in [0.25, 0.3) is 0 Å². The predicted molar refractivity (Wildman–Crippen MR) is 120 cm³/mol. The average Bonchev–Trinajstić information content (AvgIpc) is 3.28. The largest absolute Gasteiger partial charge is 0.379 e. The molecule has 2 saturated heterocycles. The molecule has 0 aliphatic carbocycles. The molecule has 0 aromatic carbocycles. The van der Waals surface area contributed by atoms with Crippen LogP contribution < -0.4 is 5.32 Å². The summed E-state index contributed by atoms with van der Waals surface area (Å²) in [5.41, 5.74) is 1.34. The summed E-state index contributed by atoms with van der Waals surface area (Å²) in [6, 6.07) is 0. The Labute approximate surface area is 180 Å². The summed E-state index contributed by atoms with van der Waals surface area (Å²) < 4.78 is 7.33. The fourth-order valence-electron chi connectivity index (χ4n) is 3.83. The Hall–Kier alpha value is -0.870. The van der Waals surface area contributed by atoms with Crippen molar-refractivity contribution in [3.63, 3.8) is 0 Å². The van der Waals surface area contributed by atoms with Crippen molar-refractivity contribution >= 4 is 29.9 Å². The maximum atomic E-state index is 5.44. The Morgan fingerprint density at radius 1 is 1.37 bits per heavy atom. The minimum atomic E-state index is 0. The predicted octanol–water partition coefficient (Wildman–Crippen LogP) is 1.76. The van der Waals surface area contributed by atoms with Gasteiger partial charge in [0.1, 0.15) is 0 Å². The summed E-state index contributed by atoms with van der Waals surface area (Å²) in [7, 11) is 1.98. The molecule has 27 heavy (non-hydrogen) atoms. The summed E-state index contributed by atoms with van der Waals surface area (Å²) in [5.74, 6) is 2.17. The lowest BCUT2D eigenvalue weighted by atomic mass is 10.0. The standard InChI is InChI=1S/C19H34N6O.HI/c1-4-20-19(21-11-16(2)13-24-7-9-26-10-8-24)25-6-5-17(15-25)18-12-22-23(3)14-18;/h12,14,16-17H,4-11,13,15H2,1-3H3,(H,20,21);1H. The number of likely N-dealkylation sites (tertiary alicyclic amines) is 1. The van der Waals surface area contributed by atoms with E-state index in [1.54, 1.807) is 0 Å². The van der Waals surface area contributed by atoms with Gasteiger partial charge in [-0.05, 0) is 24.8 Å². The molecule has 0 spiro atoms. The van der Waals surface area contributed by atoms with Crippen LogP contribution in [0.25, 0.3) is 0 Å². The Kier molecular flexibility index (Phi) is 9.31. The molecule has 3 rings (SSSR count). The number of nitrogens with one attached hydrogen (secondary N) is 1. The third-order valence-corrected chi connectivity index (χ3v) is 5.25. The van der Waals surface area contributed by atoms with E-state index >= 15 is 0 Å². The van der Waals surface area contributed by atoms with Crippen LogP contribution in [0.2, 0.25) is 0 Å². The molecular formula is C19H35IN6O. The number of guanidine groups is 1. The lowest BCUT2D eigenvalue weighted by molar-refractivity contribution is 0.0323. The number of hydrogen-bond acceptors (Lipinski definition) is 4. The van der Waals surface area contributed by atoms with Crippen molar-refractivity contribution < 1.29 is 4.74 Å². The van der Waals surface area contributed by atoms with Gasteiger partial charge in [-0.15, -0.1) is 24.0 Å². The number of rotatable bonds is 6. The lowest BCUT2D eigenvalue weighted by Crippen LogP contribution is -2.41. The van der Waals surface area contributed by atoms with Gasteiger partial charge in [0, 0.05) is 65.0 Å². The van der Waals surface area contributed by atoms with Gasteiger partial charge in [-0.25, -0.2) is 0 Å². The molecule has 2 aliphatic rings. The van der Waals surface area contributed by atoms with E-state index in [1.165, 1.54) is 12.0 Å². The number of halogens is 1. The molecule has 1 aromatic heterocycles. The summed E-state index contributed by atoms with van der Waals surface area (Å²) in [5, 5.41) is 7.80. The monoisotopic (exact) mass is 490 g/mol. The Balaban J connectivity index is 0.00000261. The van der Waals surface area contributed by atoms with Crippen LogP contribution in [-0.2, 0) is 11.8 Å². The van der Waals surface area contributed by atoms with E-state index in [2.05, 4.69) is 40.3 Å². The van der Waals surface area contributed by atoms with Crippen molar-refractivity contribution in [2.75, 3.05) is 59.0 Å². The van der Waals surface area contributed by atoms with Gasteiger partial charge >= 0.3 is 0 Å². The van der Waals surface area contributed by atoms with Gasteiger partial charge in [-0.1, -0.05) is 6.92 Å². The summed E-state index contributed by atoms with van der Waals surface area (Å²) >= 11 is 0. The highest BCUT2D eigenvalue weighted by atomic mass is 127. The Morgan fingerprint density at radius 2 is 2.15 bits per heavy atom. The van der Waals surface area contributed by atoms with E-state index in [1.807, 2.05) is 17.9 Å². The first kappa shape index (κ1) is 22.4. The number of hydrogen-bond donors (Lipinski definition) is 1. The molecule has 2 unspecified atom stereocenters. The molecule has 154 valence electrons. The number of ether oxygens (including phenoxy) is 1. The minimum absolute atomic E-state index is 0. The van der Waals surface area contributed by atoms with Crippen molar-refractivity contribution in [1.82, 2.24) is 24.9 Å². The highest BCUT2D eigenvalue weighted by molar-refractivity contribution is 14.0. The number of aliphatic imine (C=N–C) groups is 1. The summed E-state index contributed by atoms with van der Waals surface area (Å²) in [6.45, 7) is 13.2. The molecule has 7 nitrogen and oxygen atoms in total. The van der Waals surface area contributed by atoms with Crippen molar-refractivity contribution in [2.45, 2.75) is 26.2 Å². The van der Waals surface area contributed by atoms with Crippen molar-refractivity contribution in [1.29, 1.82) is 0 Å². The third kappa shape index (κ3) is 6.60. The fraction of sp³-hybridized carbons (Fsp3) is 0.789. The SMILES string of the molecule is CCNC(=NCC(C)CN1CCOCC1)N1CCC(c2cnn(C)c2)C1.I. The van der Waals surface area contributed by atoms with Crippen LogP contribution in [0, 0.1) is 5.92 Å². The Morgan fingerprint density at radius 3 is 2.81 bits per heavy atom. The number of aromatic nitrogens is 2. The van der Waals surface area contributed by atoms with Crippen LogP contribution in [0.1, 0.15) is 31.7 Å². The zero-order valence-electron chi connectivity index (χ0n) is 16.9. The second-order valence-corrected chi connectivity index (χ2v) is 7.59. The first-order chi connectivity index (χ1) is 12.7. The molecule has 8 heteroatoms. The third-order valence-electron chi connectivity index (χ3n) is 5.25. The van der Waals surface area contributed by atoms with Gasteiger partial charge in [0.15, 0.2) is 5.96 Å². The molecule has 0 amide bonds. The van der Waals surface area contributed by atoms with Crippen LogP contribution in [0.4, 0.5) is 0 Å². The normalized spacial score (nSPS) is 22.6. The van der Waals surface area contributed by atoms with Gasteiger partial charge in [0.2, 0.25) is 0 Å². The average molecular weight is 490 g/mol. The molecule has 2 atom stereocenters. The summed E-state index contributed by atoms with van der Waals surface area (Å²) in [4.78, 5) is 9.84. The molecule has 1 aromatic rings. The maximum Gasteiger partial charge on any atom is 0.193 e. The molecule has 2 aliphatic heterocycles. The van der Waals surface area contributed by atoms with Crippen molar-refractivity contribution in [2.24, 2.45) is 18.0 Å². The van der Waals surface area contributed by atoms with Gasteiger partial charge in [-0.2, -0.15) is 5.10 Å². The van der Waals surface area contributed by atoms with Gasteiger partial charge in [0.05, 0.1) is 19.4 Å². The molecular weight excluding hydrogens is 455 g/mol. The van der Waals surface area contributed by atoms with Crippen LogP contribution >= 0.6 is 24.0 Å². The Bertz CT molecular complexity index is 587. The number of aryl methyl sites for hydroxylation is 1. The van der Waals surface area contributed by atoms with Crippen LogP contribution in [-0.4, -0.2) is 84.6 Å². The quantitative estimate of drug-likeness (QED) is 0.374. The first-order valence-corrected chi connectivity index (χ1v) is 9.97. The molecule has 2 fully saturated rings. The lowest BCUT2D eigenvalue weighted by Gasteiger charge is -2.29. The second-order valence-electron chi connectivity index (χ2n) is 7.59. The smallest absolute Gasteiger partial charge is 0.193 e. The zero-order chi connectivity index (χ0) is 18.4. The van der Waals surface area contributed by atoms with Crippen molar-refractivity contribution in [3.8, 4) is 0 Å². The molecule has 0 radical (unpaired) electrons. The van der Waals surface area contributed by atoms with Gasteiger partial charge < -0.3 is 15.0 Å².